The van der Waals surface area contributed by atoms with Crippen LogP contribution in [0.1, 0.15) is 64.1 Å². The number of aliphatic hydroxyl groups excluding tert-OH is 1. The lowest BCUT2D eigenvalue weighted by Gasteiger charge is -2.59. The predicted octanol–water partition coefficient (Wildman–Crippen LogP) is 3.58. The van der Waals surface area contributed by atoms with Crippen LogP contribution in [0.2, 0.25) is 0 Å². The Hall–Kier alpha value is -2.92. The number of aliphatic hydroxyl groups is 1. The van der Waals surface area contributed by atoms with Crippen LogP contribution in [0.25, 0.3) is 16.6 Å². The van der Waals surface area contributed by atoms with Gasteiger partial charge in [0.2, 0.25) is 5.91 Å². The zero-order valence-corrected chi connectivity index (χ0v) is 23.0. The van der Waals surface area contributed by atoms with Gasteiger partial charge in [0.15, 0.2) is 11.6 Å². The van der Waals surface area contributed by atoms with Crippen molar-refractivity contribution in [3.8, 4) is 11.1 Å². The Labute approximate surface area is 234 Å². The molecular weight excluding hydrogens is 508 g/mol. The summed E-state index contributed by atoms with van der Waals surface area (Å²) in [5.41, 5.74) is 2.96. The van der Waals surface area contributed by atoms with Gasteiger partial charge in [-0.3, -0.25) is 9.69 Å². The predicted molar refractivity (Wildman–Crippen MR) is 148 cm³/mol. The number of hydrogen-bond donors (Lipinski definition) is 2. The number of carbonyl (C=O) groups excluding carboxylic acids is 1. The number of nitrogens with zero attached hydrogens (tertiary/aromatic N) is 5. The zero-order valence-electron chi connectivity index (χ0n) is 23.0. The minimum absolute atomic E-state index is 0.0252. The van der Waals surface area contributed by atoms with Gasteiger partial charge in [0.25, 0.3) is 0 Å². The van der Waals surface area contributed by atoms with Gasteiger partial charge in [-0.05, 0) is 76.0 Å². The van der Waals surface area contributed by atoms with Gasteiger partial charge in [0.1, 0.15) is 6.61 Å². The Morgan fingerprint density at radius 1 is 1.18 bits per heavy atom. The van der Waals surface area contributed by atoms with Gasteiger partial charge in [0.05, 0.1) is 30.4 Å². The number of hydrogen-bond acceptors (Lipinski definition) is 8. The maximum absolute atomic E-state index is 13.0. The minimum Gasteiger partial charge on any atom is -0.390 e. The quantitative estimate of drug-likeness (QED) is 0.462. The van der Waals surface area contributed by atoms with Crippen molar-refractivity contribution in [1.82, 2.24) is 24.5 Å². The number of ether oxygens (including phenoxy) is 2. The molecule has 3 aromatic heterocycles. The number of anilines is 1. The Morgan fingerprint density at radius 2 is 2.00 bits per heavy atom. The van der Waals surface area contributed by atoms with Crippen LogP contribution < -0.4 is 5.32 Å². The van der Waals surface area contributed by atoms with Gasteiger partial charge >= 0.3 is 0 Å². The van der Waals surface area contributed by atoms with Crippen molar-refractivity contribution in [1.29, 1.82) is 0 Å². The van der Waals surface area contributed by atoms with E-state index in [9.17, 15) is 9.90 Å². The number of nitrogens with one attached hydrogen (secondary N) is 1. The Bertz CT molecular complexity index is 1370. The first kappa shape index (κ1) is 26.0. The lowest BCUT2D eigenvalue weighted by molar-refractivity contribution is -0.170. The molecule has 4 heterocycles. The second-order valence-electron chi connectivity index (χ2n) is 12.2. The highest BCUT2D eigenvalue weighted by Gasteiger charge is 2.52. The van der Waals surface area contributed by atoms with E-state index in [-0.39, 0.29) is 35.7 Å². The van der Waals surface area contributed by atoms with Crippen LogP contribution in [0.3, 0.4) is 0 Å². The van der Waals surface area contributed by atoms with Crippen molar-refractivity contribution in [2.24, 2.45) is 5.92 Å². The molecule has 212 valence electrons. The van der Waals surface area contributed by atoms with E-state index in [0.717, 1.165) is 61.9 Å². The molecule has 10 nitrogen and oxygen atoms in total. The summed E-state index contributed by atoms with van der Waals surface area (Å²) in [6.07, 6.45) is 13.4. The van der Waals surface area contributed by atoms with Crippen LogP contribution in [0.5, 0.6) is 0 Å². The number of aromatic nitrogens is 4. The second kappa shape index (κ2) is 10.5. The van der Waals surface area contributed by atoms with E-state index in [1.54, 1.807) is 16.9 Å². The van der Waals surface area contributed by atoms with Crippen LogP contribution in [0.4, 0.5) is 5.82 Å². The number of pyridine rings is 1. The van der Waals surface area contributed by atoms with Crippen molar-refractivity contribution in [3.05, 3.63) is 42.6 Å². The molecule has 3 aliphatic carbocycles. The molecule has 0 aromatic carbocycles. The van der Waals surface area contributed by atoms with E-state index in [1.807, 2.05) is 24.4 Å². The van der Waals surface area contributed by atoms with E-state index in [2.05, 4.69) is 32.2 Å². The molecule has 3 aromatic rings. The van der Waals surface area contributed by atoms with Crippen LogP contribution in [-0.2, 0) is 20.9 Å². The summed E-state index contributed by atoms with van der Waals surface area (Å²) in [5.74, 6) is 1.25. The fraction of sp³-hybridized carbons (Fsp3) is 0.600. The standard InChI is InChI=1S/C30H38N6O4/c1-19-16-35(30(18-40-19)7-3-8-30)23-11-21(12-23)29(38)33-27-13-24-10-20(6-9-36(24)34-27)22-14-31-28(32-15-22)17-39-26-5-2-4-25(26)37/h6,9-10,13-15,19,21,23,25-26,37H,2-5,7-8,11-12,16-18H2,1H3,(H,33,34,38)/t19?,21?,23?,25-,26-/m0/s1. The molecule has 0 radical (unpaired) electrons. The van der Waals surface area contributed by atoms with Crippen LogP contribution in [0, 0.1) is 5.92 Å². The lowest BCUT2D eigenvalue weighted by atomic mass is 9.70. The number of morpholine rings is 1. The second-order valence-corrected chi connectivity index (χ2v) is 12.2. The third-order valence-electron chi connectivity index (χ3n) is 9.51. The van der Waals surface area contributed by atoms with Crippen molar-refractivity contribution in [2.45, 2.75) is 94.8 Å². The number of fused-ring (bicyclic) bond motifs is 1. The van der Waals surface area contributed by atoms with Gasteiger partial charge in [0, 0.05) is 54.3 Å². The normalized spacial score (nSPS) is 29.8. The third-order valence-corrected chi connectivity index (χ3v) is 9.51. The molecule has 4 aliphatic rings. The van der Waals surface area contributed by atoms with Gasteiger partial charge < -0.3 is 19.9 Å². The molecule has 1 unspecified atom stereocenters. The van der Waals surface area contributed by atoms with Gasteiger partial charge in [-0.1, -0.05) is 0 Å². The average Bonchev–Trinajstić information content (AvgIpc) is 3.50. The van der Waals surface area contributed by atoms with Crippen molar-refractivity contribution in [2.75, 3.05) is 18.5 Å². The molecule has 40 heavy (non-hydrogen) atoms. The molecular formula is C30H38N6O4. The minimum atomic E-state index is -0.388. The maximum atomic E-state index is 13.0. The largest absolute Gasteiger partial charge is 0.390 e. The molecule has 3 atom stereocenters. The Morgan fingerprint density at radius 3 is 2.73 bits per heavy atom. The van der Waals surface area contributed by atoms with E-state index >= 15 is 0 Å². The average molecular weight is 547 g/mol. The number of rotatable bonds is 7. The summed E-state index contributed by atoms with van der Waals surface area (Å²) in [4.78, 5) is 24.6. The summed E-state index contributed by atoms with van der Waals surface area (Å²) < 4.78 is 13.6. The topological polar surface area (TPSA) is 114 Å². The fourth-order valence-corrected chi connectivity index (χ4v) is 6.84. The maximum Gasteiger partial charge on any atom is 0.228 e. The van der Waals surface area contributed by atoms with Crippen LogP contribution in [-0.4, -0.2) is 78.5 Å². The lowest BCUT2D eigenvalue weighted by Crippen LogP contribution is -2.67. The Balaban J connectivity index is 0.954. The molecule has 4 fully saturated rings. The number of amides is 1. The fourth-order valence-electron chi connectivity index (χ4n) is 6.84. The summed E-state index contributed by atoms with van der Waals surface area (Å²) in [6.45, 7) is 4.25. The number of carbonyl (C=O) groups is 1. The highest BCUT2D eigenvalue weighted by Crippen LogP contribution is 2.46. The van der Waals surface area contributed by atoms with Crippen LogP contribution in [0.15, 0.2) is 36.8 Å². The van der Waals surface area contributed by atoms with E-state index in [1.165, 1.54) is 19.3 Å². The molecule has 7 rings (SSSR count). The Kier molecular flexibility index (Phi) is 6.82. The summed E-state index contributed by atoms with van der Waals surface area (Å²) >= 11 is 0. The van der Waals surface area contributed by atoms with E-state index < -0.39 is 0 Å². The molecule has 2 N–H and O–H groups in total. The van der Waals surface area contributed by atoms with Gasteiger partial charge in [-0.15, -0.1) is 0 Å². The van der Waals surface area contributed by atoms with Gasteiger partial charge in [-0.2, -0.15) is 5.10 Å². The molecule has 10 heteroatoms. The van der Waals surface area contributed by atoms with Crippen molar-refractivity contribution < 1.29 is 19.4 Å². The van der Waals surface area contributed by atoms with Gasteiger partial charge in [-0.25, -0.2) is 14.5 Å². The SMILES string of the molecule is CC1CN(C2CC(C(=O)Nc3cc4cc(-c5cnc(CO[C@H]6CCC[C@@H]6O)nc5)ccn4n3)C2)C2(CCC2)CO1. The van der Waals surface area contributed by atoms with E-state index in [0.29, 0.717) is 24.3 Å². The summed E-state index contributed by atoms with van der Waals surface area (Å²) in [6, 6.07) is 6.36. The smallest absolute Gasteiger partial charge is 0.228 e. The molecule has 0 bridgehead atoms. The first-order valence-corrected chi connectivity index (χ1v) is 14.8. The summed E-state index contributed by atoms with van der Waals surface area (Å²) in [7, 11) is 0. The zero-order chi connectivity index (χ0) is 27.3. The van der Waals surface area contributed by atoms with Crippen molar-refractivity contribution in [3.63, 3.8) is 0 Å². The van der Waals surface area contributed by atoms with Crippen LogP contribution >= 0.6 is 0 Å². The highest BCUT2D eigenvalue weighted by atomic mass is 16.5. The summed E-state index contributed by atoms with van der Waals surface area (Å²) in [5, 5.41) is 17.5. The third kappa shape index (κ3) is 4.91. The van der Waals surface area contributed by atoms with E-state index in [4.69, 9.17) is 9.47 Å². The molecule has 1 saturated heterocycles. The first-order valence-electron chi connectivity index (χ1n) is 14.8. The molecule has 1 spiro atoms. The van der Waals surface area contributed by atoms with Crippen molar-refractivity contribution >= 4 is 17.2 Å². The molecule has 1 amide bonds. The molecule has 3 saturated carbocycles. The molecule has 1 aliphatic heterocycles. The highest BCUT2D eigenvalue weighted by molar-refractivity contribution is 5.93. The first-order chi connectivity index (χ1) is 19.5. The monoisotopic (exact) mass is 546 g/mol.